The Hall–Kier alpha value is -2.62. The van der Waals surface area contributed by atoms with Crippen LogP contribution in [-0.4, -0.2) is 17.0 Å². The van der Waals surface area contributed by atoms with Gasteiger partial charge >= 0.3 is 5.97 Å². The number of carbonyl (C=O) groups is 2. The van der Waals surface area contributed by atoms with E-state index in [0.717, 1.165) is 5.56 Å². The highest BCUT2D eigenvalue weighted by molar-refractivity contribution is 5.96. The van der Waals surface area contributed by atoms with Crippen molar-refractivity contribution in [2.45, 2.75) is 13.0 Å². The molecule has 1 amide bonds. The summed E-state index contributed by atoms with van der Waals surface area (Å²) in [7, 11) is 0. The molecule has 0 aliphatic rings. The molecule has 2 rings (SSSR count). The van der Waals surface area contributed by atoms with Crippen LogP contribution in [0.1, 0.15) is 27.5 Å². The summed E-state index contributed by atoms with van der Waals surface area (Å²) in [6.07, 6.45) is 0. The van der Waals surface area contributed by atoms with Gasteiger partial charge < -0.3 is 10.4 Å². The Kier molecular flexibility index (Phi) is 4.15. The summed E-state index contributed by atoms with van der Waals surface area (Å²) in [5.74, 6) is -1.49. The summed E-state index contributed by atoms with van der Waals surface area (Å²) in [5, 5.41) is 11.8. The van der Waals surface area contributed by atoms with Crippen molar-refractivity contribution in [3.05, 3.63) is 71.3 Å². The van der Waals surface area contributed by atoms with Crippen molar-refractivity contribution >= 4 is 11.9 Å². The van der Waals surface area contributed by atoms with Gasteiger partial charge in [-0.3, -0.25) is 4.79 Å². The first-order chi connectivity index (χ1) is 9.58. The van der Waals surface area contributed by atoms with E-state index in [-0.39, 0.29) is 0 Å². The van der Waals surface area contributed by atoms with Crippen molar-refractivity contribution in [2.75, 3.05) is 0 Å². The third-order valence-electron chi connectivity index (χ3n) is 2.97. The van der Waals surface area contributed by atoms with Crippen molar-refractivity contribution in [2.24, 2.45) is 0 Å². The van der Waals surface area contributed by atoms with Crippen LogP contribution in [0.15, 0.2) is 54.6 Å². The van der Waals surface area contributed by atoms with E-state index in [2.05, 4.69) is 5.32 Å². The number of benzene rings is 2. The van der Waals surface area contributed by atoms with Crippen LogP contribution in [0, 0.1) is 6.92 Å². The smallest absolute Gasteiger partial charge is 0.330 e. The summed E-state index contributed by atoms with van der Waals surface area (Å²) < 4.78 is 0. The number of rotatable bonds is 4. The molecule has 1 unspecified atom stereocenters. The van der Waals surface area contributed by atoms with Gasteiger partial charge in [0.05, 0.1) is 0 Å². The van der Waals surface area contributed by atoms with E-state index in [0.29, 0.717) is 11.1 Å². The molecule has 0 saturated carbocycles. The predicted molar refractivity (Wildman–Crippen MR) is 75.5 cm³/mol. The number of aliphatic carboxylic acids is 1. The number of carboxylic acids is 1. The van der Waals surface area contributed by atoms with Crippen molar-refractivity contribution in [1.82, 2.24) is 5.32 Å². The highest BCUT2D eigenvalue weighted by Crippen LogP contribution is 2.14. The molecule has 0 heterocycles. The van der Waals surface area contributed by atoms with E-state index in [1.807, 2.05) is 19.1 Å². The normalized spacial score (nSPS) is 11.7. The molecule has 4 heteroatoms. The zero-order chi connectivity index (χ0) is 14.5. The van der Waals surface area contributed by atoms with Gasteiger partial charge in [-0.2, -0.15) is 0 Å². The molecule has 0 aliphatic heterocycles. The lowest BCUT2D eigenvalue weighted by Crippen LogP contribution is -2.33. The van der Waals surface area contributed by atoms with Gasteiger partial charge in [-0.1, -0.05) is 48.0 Å². The Morgan fingerprint density at radius 3 is 2.15 bits per heavy atom. The van der Waals surface area contributed by atoms with Gasteiger partial charge in [0.25, 0.3) is 5.91 Å². The van der Waals surface area contributed by atoms with Crippen LogP contribution < -0.4 is 5.32 Å². The van der Waals surface area contributed by atoms with E-state index in [1.165, 1.54) is 0 Å². The number of hydrogen-bond donors (Lipinski definition) is 2. The molecule has 20 heavy (non-hydrogen) atoms. The Morgan fingerprint density at radius 1 is 1.00 bits per heavy atom. The second-order valence-electron chi connectivity index (χ2n) is 4.52. The van der Waals surface area contributed by atoms with E-state index in [9.17, 15) is 14.7 Å². The molecule has 4 nitrogen and oxygen atoms in total. The summed E-state index contributed by atoms with van der Waals surface area (Å²) in [4.78, 5) is 23.4. The zero-order valence-corrected chi connectivity index (χ0v) is 11.0. The maximum absolute atomic E-state index is 12.1. The molecule has 0 spiro atoms. The lowest BCUT2D eigenvalue weighted by molar-refractivity contribution is -0.139. The first-order valence-electron chi connectivity index (χ1n) is 6.23. The standard InChI is InChI=1S/C16H15NO3/c1-11-7-9-13(10-8-11)15(18)17-14(16(19)20)12-5-3-2-4-6-12/h2-10,14H,1H3,(H,17,18)(H,19,20). The zero-order valence-electron chi connectivity index (χ0n) is 11.0. The van der Waals surface area contributed by atoms with Crippen LogP contribution in [0.3, 0.4) is 0 Å². The van der Waals surface area contributed by atoms with Crippen LogP contribution in [-0.2, 0) is 4.79 Å². The van der Waals surface area contributed by atoms with Crippen LogP contribution in [0.4, 0.5) is 0 Å². The lowest BCUT2D eigenvalue weighted by Gasteiger charge is -2.15. The molecule has 1 atom stereocenters. The van der Waals surface area contributed by atoms with E-state index in [4.69, 9.17) is 0 Å². The third-order valence-corrected chi connectivity index (χ3v) is 2.97. The molecule has 2 aromatic carbocycles. The van der Waals surface area contributed by atoms with Crippen molar-refractivity contribution in [3.8, 4) is 0 Å². The van der Waals surface area contributed by atoms with Crippen LogP contribution >= 0.6 is 0 Å². The minimum atomic E-state index is -1.09. The topological polar surface area (TPSA) is 66.4 Å². The molecule has 0 aromatic heterocycles. The molecular formula is C16H15NO3. The fourth-order valence-electron chi connectivity index (χ4n) is 1.85. The highest BCUT2D eigenvalue weighted by Gasteiger charge is 2.22. The van der Waals surface area contributed by atoms with Gasteiger partial charge in [0.15, 0.2) is 6.04 Å². The first-order valence-corrected chi connectivity index (χ1v) is 6.23. The molecule has 2 N–H and O–H groups in total. The molecule has 0 fully saturated rings. The van der Waals surface area contributed by atoms with Gasteiger partial charge in [-0.25, -0.2) is 4.79 Å². The second kappa shape index (κ2) is 6.02. The van der Waals surface area contributed by atoms with Gasteiger partial charge in [0.2, 0.25) is 0 Å². The summed E-state index contributed by atoms with van der Waals surface area (Å²) >= 11 is 0. The molecule has 102 valence electrons. The Balaban J connectivity index is 2.19. The fourth-order valence-corrected chi connectivity index (χ4v) is 1.85. The van der Waals surface area contributed by atoms with E-state index < -0.39 is 17.9 Å². The maximum atomic E-state index is 12.1. The summed E-state index contributed by atoms with van der Waals surface area (Å²) in [6, 6.07) is 14.5. The van der Waals surface area contributed by atoms with Crippen LogP contribution in [0.5, 0.6) is 0 Å². The predicted octanol–water partition coefficient (Wildman–Crippen LogP) is 2.55. The number of amides is 1. The summed E-state index contributed by atoms with van der Waals surface area (Å²) in [6.45, 7) is 1.92. The van der Waals surface area contributed by atoms with Gasteiger partial charge in [0, 0.05) is 5.56 Å². The maximum Gasteiger partial charge on any atom is 0.330 e. The largest absolute Gasteiger partial charge is 0.479 e. The number of carbonyl (C=O) groups excluding carboxylic acids is 1. The number of nitrogens with one attached hydrogen (secondary N) is 1. The molecule has 0 aliphatic carbocycles. The Labute approximate surface area is 117 Å². The van der Waals surface area contributed by atoms with Gasteiger partial charge in [0.1, 0.15) is 0 Å². The lowest BCUT2D eigenvalue weighted by atomic mass is 10.1. The Bertz CT molecular complexity index is 605. The van der Waals surface area contributed by atoms with Gasteiger partial charge in [-0.15, -0.1) is 0 Å². The molecule has 0 saturated heterocycles. The van der Waals surface area contributed by atoms with Crippen molar-refractivity contribution in [3.63, 3.8) is 0 Å². The molecule has 0 radical (unpaired) electrons. The highest BCUT2D eigenvalue weighted by atomic mass is 16.4. The monoisotopic (exact) mass is 269 g/mol. The minimum absolute atomic E-state index is 0.402. The Morgan fingerprint density at radius 2 is 1.60 bits per heavy atom. The average Bonchev–Trinajstić information content (AvgIpc) is 2.46. The van der Waals surface area contributed by atoms with Crippen molar-refractivity contribution < 1.29 is 14.7 Å². The van der Waals surface area contributed by atoms with Crippen LogP contribution in [0.25, 0.3) is 0 Å². The fraction of sp³-hybridized carbons (Fsp3) is 0.125. The van der Waals surface area contributed by atoms with Gasteiger partial charge in [-0.05, 0) is 24.6 Å². The number of carboxylic acid groups (broad SMARTS) is 1. The van der Waals surface area contributed by atoms with E-state index >= 15 is 0 Å². The molecule has 2 aromatic rings. The first kappa shape index (κ1) is 13.8. The molecule has 0 bridgehead atoms. The summed E-state index contributed by atoms with van der Waals surface area (Å²) in [5.41, 5.74) is 2.03. The van der Waals surface area contributed by atoms with Crippen LogP contribution in [0.2, 0.25) is 0 Å². The molecular weight excluding hydrogens is 254 g/mol. The van der Waals surface area contributed by atoms with Crippen molar-refractivity contribution in [1.29, 1.82) is 0 Å². The number of hydrogen-bond acceptors (Lipinski definition) is 2. The SMILES string of the molecule is Cc1ccc(C(=O)NC(C(=O)O)c2ccccc2)cc1. The minimum Gasteiger partial charge on any atom is -0.479 e. The van der Waals surface area contributed by atoms with E-state index in [1.54, 1.807) is 42.5 Å². The number of aryl methyl sites for hydroxylation is 1. The third kappa shape index (κ3) is 3.23. The quantitative estimate of drug-likeness (QED) is 0.896. The second-order valence-corrected chi connectivity index (χ2v) is 4.52. The average molecular weight is 269 g/mol.